The topological polar surface area (TPSA) is 119 Å². The number of likely N-dealkylation sites (N-methyl/N-ethyl adjacent to an activating group) is 1. The summed E-state index contributed by atoms with van der Waals surface area (Å²) in [5.74, 6) is -0.474. The smallest absolute Gasteiger partial charge is 0.333 e. The van der Waals surface area contributed by atoms with Gasteiger partial charge in [-0.05, 0) is 50.6 Å². The number of thiazole rings is 1. The number of amides is 4. The highest BCUT2D eigenvalue weighted by Crippen LogP contribution is 2.28. The molecular formula is C24H33Cl2N7O3S. The third-order valence-electron chi connectivity index (χ3n) is 6.55. The summed E-state index contributed by atoms with van der Waals surface area (Å²) in [7, 11) is 5.51. The minimum atomic E-state index is -0.431. The SMILES string of the molecule is CN1CCc2nc(C(=O)N[C@@H]3CC(C(=O)N(C)C)CCC3NC(=O)NNc3ccc(Cl)cc3)sc2C1.Cl. The quantitative estimate of drug-likeness (QED) is 0.397. The van der Waals surface area contributed by atoms with Crippen molar-refractivity contribution in [1.82, 2.24) is 30.8 Å². The lowest BCUT2D eigenvalue weighted by molar-refractivity contribution is -0.134. The maximum atomic E-state index is 13.2. The number of nitrogens with one attached hydrogen (secondary N) is 4. The van der Waals surface area contributed by atoms with Crippen LogP contribution in [0.4, 0.5) is 10.5 Å². The Bertz CT molecular complexity index is 1110. The van der Waals surface area contributed by atoms with Gasteiger partial charge >= 0.3 is 6.03 Å². The molecule has 4 rings (SSSR count). The number of halogens is 2. The fourth-order valence-electron chi connectivity index (χ4n) is 4.61. The number of urea groups is 1. The van der Waals surface area contributed by atoms with Crippen molar-refractivity contribution >= 4 is 58.9 Å². The highest BCUT2D eigenvalue weighted by Gasteiger charge is 2.37. The van der Waals surface area contributed by atoms with Crippen molar-refractivity contribution in [2.24, 2.45) is 5.92 Å². The van der Waals surface area contributed by atoms with Crippen molar-refractivity contribution in [3.8, 4) is 0 Å². The summed E-state index contributed by atoms with van der Waals surface area (Å²) >= 11 is 7.31. The zero-order valence-corrected chi connectivity index (χ0v) is 23.4. The van der Waals surface area contributed by atoms with Gasteiger partial charge in [-0.2, -0.15) is 0 Å². The molecule has 1 aliphatic heterocycles. The first-order valence-corrected chi connectivity index (χ1v) is 13.2. The lowest BCUT2D eigenvalue weighted by atomic mass is 9.81. The molecule has 1 fully saturated rings. The summed E-state index contributed by atoms with van der Waals surface area (Å²) < 4.78 is 0. The number of rotatable bonds is 6. The molecule has 1 saturated carbocycles. The van der Waals surface area contributed by atoms with E-state index in [0.29, 0.717) is 35.0 Å². The number of hydrogen-bond acceptors (Lipinski definition) is 7. The molecule has 2 unspecified atom stereocenters. The van der Waals surface area contributed by atoms with Gasteiger partial charge in [0.25, 0.3) is 5.91 Å². The second-order valence-corrected chi connectivity index (χ2v) is 11.1. The van der Waals surface area contributed by atoms with Gasteiger partial charge in [0.1, 0.15) is 0 Å². The van der Waals surface area contributed by atoms with Gasteiger partial charge in [-0.15, -0.1) is 23.7 Å². The van der Waals surface area contributed by atoms with Gasteiger partial charge in [0.15, 0.2) is 5.01 Å². The van der Waals surface area contributed by atoms with Crippen LogP contribution in [-0.2, 0) is 17.8 Å². The average molecular weight is 571 g/mol. The predicted molar refractivity (Wildman–Crippen MR) is 147 cm³/mol. The second kappa shape index (κ2) is 12.8. The van der Waals surface area contributed by atoms with E-state index < -0.39 is 12.1 Å². The lowest BCUT2D eigenvalue weighted by Crippen LogP contribution is -2.57. The first-order valence-electron chi connectivity index (χ1n) is 12.0. The van der Waals surface area contributed by atoms with Crippen LogP contribution in [-0.4, -0.2) is 72.4 Å². The van der Waals surface area contributed by atoms with Gasteiger partial charge in [0.05, 0.1) is 23.5 Å². The molecule has 0 bridgehead atoms. The molecule has 0 saturated heterocycles. The highest BCUT2D eigenvalue weighted by molar-refractivity contribution is 7.13. The molecule has 13 heteroatoms. The predicted octanol–water partition coefficient (Wildman–Crippen LogP) is 2.89. The molecule has 4 N–H and O–H groups in total. The van der Waals surface area contributed by atoms with Crippen LogP contribution in [0.1, 0.15) is 39.6 Å². The van der Waals surface area contributed by atoms with Crippen molar-refractivity contribution in [3.63, 3.8) is 0 Å². The van der Waals surface area contributed by atoms with E-state index in [1.807, 2.05) is 0 Å². The van der Waals surface area contributed by atoms with Crippen LogP contribution >= 0.6 is 35.3 Å². The van der Waals surface area contributed by atoms with E-state index in [1.54, 1.807) is 43.3 Å². The van der Waals surface area contributed by atoms with Gasteiger partial charge in [0.2, 0.25) is 5.91 Å². The normalized spacial score (nSPS) is 21.1. The molecule has 1 aliphatic carbocycles. The van der Waals surface area contributed by atoms with Crippen LogP contribution in [0.5, 0.6) is 0 Å². The van der Waals surface area contributed by atoms with Crippen molar-refractivity contribution in [1.29, 1.82) is 0 Å². The van der Waals surface area contributed by atoms with E-state index in [-0.39, 0.29) is 36.2 Å². The Morgan fingerprint density at radius 3 is 2.54 bits per heavy atom. The Balaban J connectivity index is 0.00000380. The monoisotopic (exact) mass is 569 g/mol. The molecule has 2 aliphatic rings. The average Bonchev–Trinajstić information content (AvgIpc) is 3.27. The summed E-state index contributed by atoms with van der Waals surface area (Å²) in [4.78, 5) is 47.9. The van der Waals surface area contributed by atoms with E-state index in [4.69, 9.17) is 11.6 Å². The summed E-state index contributed by atoms with van der Waals surface area (Å²) in [6.45, 7) is 1.70. The Morgan fingerprint density at radius 2 is 1.84 bits per heavy atom. The minimum absolute atomic E-state index is 0. The second-order valence-electron chi connectivity index (χ2n) is 9.54. The van der Waals surface area contributed by atoms with Crippen LogP contribution in [0, 0.1) is 5.92 Å². The highest BCUT2D eigenvalue weighted by atomic mass is 35.5. The maximum absolute atomic E-state index is 13.2. The van der Waals surface area contributed by atoms with Crippen molar-refractivity contribution in [2.45, 2.75) is 44.3 Å². The number of nitrogens with zero attached hydrogens (tertiary/aromatic N) is 3. The number of hydrazine groups is 1. The van der Waals surface area contributed by atoms with Gasteiger partial charge in [0, 0.05) is 49.4 Å². The van der Waals surface area contributed by atoms with Crippen molar-refractivity contribution in [3.05, 3.63) is 44.9 Å². The fourth-order valence-corrected chi connectivity index (χ4v) is 5.83. The Kier molecular flexibility index (Phi) is 10.00. The maximum Gasteiger partial charge on any atom is 0.333 e. The van der Waals surface area contributed by atoms with Crippen LogP contribution in [0.15, 0.2) is 24.3 Å². The first-order chi connectivity index (χ1) is 17.2. The molecule has 0 radical (unpaired) electrons. The fraction of sp³-hybridized carbons (Fsp3) is 0.500. The van der Waals surface area contributed by atoms with Gasteiger partial charge in [-0.3, -0.25) is 20.4 Å². The summed E-state index contributed by atoms with van der Waals surface area (Å²) in [5.41, 5.74) is 7.11. The molecule has 2 aromatic rings. The lowest BCUT2D eigenvalue weighted by Gasteiger charge is -2.37. The Labute approximate surface area is 231 Å². The zero-order chi connectivity index (χ0) is 25.8. The number of anilines is 1. The summed E-state index contributed by atoms with van der Waals surface area (Å²) in [6, 6.07) is 5.74. The number of benzene rings is 1. The molecular weight excluding hydrogens is 537 g/mol. The molecule has 2 heterocycles. The number of hydrogen-bond donors (Lipinski definition) is 4. The van der Waals surface area contributed by atoms with Crippen LogP contribution < -0.4 is 21.5 Å². The number of carbonyl (C=O) groups is 3. The third kappa shape index (κ3) is 7.47. The van der Waals surface area contributed by atoms with E-state index in [9.17, 15) is 14.4 Å². The van der Waals surface area contributed by atoms with Crippen molar-refractivity contribution in [2.75, 3.05) is 33.1 Å². The van der Waals surface area contributed by atoms with E-state index in [1.165, 1.54) is 11.3 Å². The van der Waals surface area contributed by atoms with Gasteiger partial charge in [-0.25, -0.2) is 9.78 Å². The molecule has 1 aromatic carbocycles. The Hall–Kier alpha value is -2.60. The molecule has 10 nitrogen and oxygen atoms in total. The summed E-state index contributed by atoms with van der Waals surface area (Å²) in [5, 5.41) is 7.03. The number of carbonyl (C=O) groups excluding carboxylic acids is 3. The minimum Gasteiger partial charge on any atom is -0.349 e. The van der Waals surface area contributed by atoms with Crippen LogP contribution in [0.2, 0.25) is 5.02 Å². The Morgan fingerprint density at radius 1 is 1.11 bits per heavy atom. The molecule has 0 spiro atoms. The largest absolute Gasteiger partial charge is 0.349 e. The molecule has 37 heavy (non-hydrogen) atoms. The van der Waals surface area contributed by atoms with E-state index >= 15 is 0 Å². The number of fused-ring (bicyclic) bond motifs is 1. The first kappa shape index (κ1) is 29.0. The van der Waals surface area contributed by atoms with Gasteiger partial charge in [-0.1, -0.05) is 11.6 Å². The van der Waals surface area contributed by atoms with E-state index in [2.05, 4.69) is 38.4 Å². The van der Waals surface area contributed by atoms with Crippen LogP contribution in [0.3, 0.4) is 0 Å². The third-order valence-corrected chi connectivity index (χ3v) is 7.89. The van der Waals surface area contributed by atoms with Gasteiger partial charge < -0.3 is 20.4 Å². The molecule has 4 amide bonds. The molecule has 202 valence electrons. The zero-order valence-electron chi connectivity index (χ0n) is 21.0. The molecule has 3 atom stereocenters. The number of aromatic nitrogens is 1. The molecule has 1 aromatic heterocycles. The van der Waals surface area contributed by atoms with E-state index in [0.717, 1.165) is 30.1 Å². The van der Waals surface area contributed by atoms with Crippen LogP contribution in [0.25, 0.3) is 0 Å². The van der Waals surface area contributed by atoms with Crippen molar-refractivity contribution < 1.29 is 14.4 Å². The summed E-state index contributed by atoms with van der Waals surface area (Å²) in [6.07, 6.45) is 2.44. The standard InChI is InChI=1S/C24H32ClN7O3S.ClH/c1-31(2)23(34)14-4-9-17(28-24(35)30-29-16-7-5-15(25)6-8-16)19(12-14)26-21(33)22-27-18-10-11-32(3)13-20(18)36-22;/h5-8,14,17,19,29H,4,9-13H2,1-3H3,(H,26,33)(H2,28,30,35);1H/t14?,17?,19-;/m1./s1.